The van der Waals surface area contributed by atoms with Crippen LogP contribution in [0.5, 0.6) is 0 Å². The Labute approximate surface area is 51.2 Å². The van der Waals surface area contributed by atoms with Crippen molar-refractivity contribution in [3.8, 4) is 0 Å². The van der Waals surface area contributed by atoms with Gasteiger partial charge in [0.2, 0.25) is 0 Å². The Morgan fingerprint density at radius 1 is 1.44 bits per heavy atom. The van der Waals surface area contributed by atoms with Gasteiger partial charge in [-0.25, -0.2) is 0 Å². The summed E-state index contributed by atoms with van der Waals surface area (Å²) in [5.41, 5.74) is 0. The lowest BCUT2D eigenvalue weighted by molar-refractivity contribution is -0.226. The third-order valence-corrected chi connectivity index (χ3v) is 2.26. The molecular weight excluding hydrogens is 170 g/mol. The first-order valence-electron chi connectivity index (χ1n) is 1.74. The van der Waals surface area contributed by atoms with E-state index in [4.69, 9.17) is 4.89 Å². The predicted octanol–water partition coefficient (Wildman–Crippen LogP) is -1.35. The Morgan fingerprint density at radius 2 is 1.78 bits per heavy atom. The first-order chi connectivity index (χ1) is 3.71. The quantitative estimate of drug-likeness (QED) is 0.518. The Morgan fingerprint density at radius 3 is 1.78 bits per heavy atom. The summed E-state index contributed by atoms with van der Waals surface area (Å²) in [6, 6.07) is 0. The van der Waals surface area contributed by atoms with Gasteiger partial charge >= 0.3 is 0 Å². The molecule has 6 nitrogen and oxygen atoms in total. The standard InChI is InChI=1S/CH6O6P2/c1-8(2,3)7-9(4,5)6/h1H3,(H,2,3)(H2,4,5,6)/p-2. The molecule has 2 unspecified atom stereocenters. The molecule has 0 heterocycles. The van der Waals surface area contributed by atoms with Crippen molar-refractivity contribution < 1.29 is 28.1 Å². The molecule has 0 amide bonds. The molecule has 0 radical (unpaired) electrons. The number of hydrogen-bond donors (Lipinski definition) is 1. The zero-order valence-electron chi connectivity index (χ0n) is 4.38. The maximum absolute atomic E-state index is 9.92. The van der Waals surface area contributed by atoms with E-state index < -0.39 is 15.4 Å². The van der Waals surface area contributed by atoms with E-state index in [1.54, 1.807) is 0 Å². The molecule has 0 bridgehead atoms. The van der Waals surface area contributed by atoms with Gasteiger partial charge in [-0.15, -0.1) is 0 Å². The van der Waals surface area contributed by atoms with Gasteiger partial charge in [-0.2, -0.15) is 0 Å². The van der Waals surface area contributed by atoms with Gasteiger partial charge in [0.1, 0.15) is 7.60 Å². The molecule has 0 aromatic carbocycles. The molecule has 0 saturated heterocycles. The van der Waals surface area contributed by atoms with Gasteiger partial charge < -0.3 is 19.2 Å². The van der Waals surface area contributed by atoms with Crippen molar-refractivity contribution in [3.05, 3.63) is 0 Å². The second-order valence-electron chi connectivity index (χ2n) is 1.32. The van der Waals surface area contributed by atoms with Crippen molar-refractivity contribution >= 4 is 15.4 Å². The molecule has 0 aliphatic rings. The molecule has 1 N–H and O–H groups in total. The molecule has 56 valence electrons. The van der Waals surface area contributed by atoms with E-state index >= 15 is 0 Å². The minimum absolute atomic E-state index is 0.535. The maximum atomic E-state index is 9.92. The van der Waals surface area contributed by atoms with Gasteiger partial charge in [-0.05, 0) is 0 Å². The zero-order chi connectivity index (χ0) is 7.71. The average molecular weight is 174 g/mol. The van der Waals surface area contributed by atoms with Crippen molar-refractivity contribution in [2.45, 2.75) is 0 Å². The fourth-order valence-corrected chi connectivity index (χ4v) is 1.69. The normalized spacial score (nSPS) is 24.4. The zero-order valence-corrected chi connectivity index (χ0v) is 6.17. The predicted molar refractivity (Wildman–Crippen MR) is 24.4 cm³/mol. The summed E-state index contributed by atoms with van der Waals surface area (Å²) in [6.45, 7) is 0.535. The summed E-state index contributed by atoms with van der Waals surface area (Å²) in [5, 5.41) is 0. The molecule has 0 aliphatic heterocycles. The van der Waals surface area contributed by atoms with Crippen molar-refractivity contribution in [3.63, 3.8) is 0 Å². The molecule has 0 saturated carbocycles. The highest BCUT2D eigenvalue weighted by Gasteiger charge is 2.08. The molecule has 0 aromatic rings. The smallest absolute Gasteiger partial charge is 0.270 e. The molecule has 9 heavy (non-hydrogen) atoms. The number of phosphoric acid groups is 1. The van der Waals surface area contributed by atoms with E-state index in [0.29, 0.717) is 6.66 Å². The lowest BCUT2D eigenvalue weighted by Crippen LogP contribution is -2.07. The summed E-state index contributed by atoms with van der Waals surface area (Å²) in [6.07, 6.45) is 0. The second kappa shape index (κ2) is 2.50. The summed E-state index contributed by atoms with van der Waals surface area (Å²) >= 11 is 0. The van der Waals surface area contributed by atoms with Crippen molar-refractivity contribution in [2.24, 2.45) is 0 Å². The highest BCUT2D eigenvalue weighted by molar-refractivity contribution is 7.61. The lowest BCUT2D eigenvalue weighted by atomic mass is 12.0. The third kappa shape index (κ3) is 8.30. The molecular formula is CH4O6P2-2. The average Bonchev–Trinajstić information content (AvgIpc) is 1.14. The lowest BCUT2D eigenvalue weighted by Gasteiger charge is -2.24. The van der Waals surface area contributed by atoms with Gasteiger partial charge in [0.05, 0.1) is 0 Å². The molecule has 0 rings (SSSR count). The molecule has 0 aromatic heterocycles. The number of rotatable bonds is 2. The Kier molecular flexibility index (Phi) is 2.58. The van der Waals surface area contributed by atoms with Crippen LogP contribution in [0.1, 0.15) is 0 Å². The van der Waals surface area contributed by atoms with Crippen LogP contribution in [0, 0.1) is 0 Å². The highest BCUT2D eigenvalue weighted by atomic mass is 31.3. The van der Waals surface area contributed by atoms with E-state index in [2.05, 4.69) is 4.31 Å². The van der Waals surface area contributed by atoms with E-state index in [-0.39, 0.29) is 0 Å². The van der Waals surface area contributed by atoms with Gasteiger partial charge in [0.15, 0.2) is 0 Å². The monoisotopic (exact) mass is 174 g/mol. The van der Waals surface area contributed by atoms with Gasteiger partial charge in [-0.3, -0.25) is 8.88 Å². The van der Waals surface area contributed by atoms with Crippen LogP contribution >= 0.6 is 15.4 Å². The fraction of sp³-hybridized carbons (Fsp3) is 1.00. The fourth-order valence-electron chi connectivity index (χ4n) is 0.187. The van der Waals surface area contributed by atoms with Crippen molar-refractivity contribution in [1.29, 1.82) is 0 Å². The summed E-state index contributed by atoms with van der Waals surface area (Å²) < 4.78 is 22.7. The Hall–Kier alpha value is 0.300. The van der Waals surface area contributed by atoms with Crippen LogP contribution < -0.4 is 9.79 Å². The minimum atomic E-state index is -5.11. The first kappa shape index (κ1) is 9.30. The highest BCUT2D eigenvalue weighted by Crippen LogP contribution is 2.48. The van der Waals surface area contributed by atoms with Crippen LogP contribution in [0.2, 0.25) is 0 Å². The van der Waals surface area contributed by atoms with E-state index in [9.17, 15) is 18.9 Å². The van der Waals surface area contributed by atoms with Crippen LogP contribution in [0.15, 0.2) is 0 Å². The molecule has 0 aliphatic carbocycles. The van der Waals surface area contributed by atoms with Gasteiger partial charge in [0.25, 0.3) is 7.82 Å². The molecule has 2 atom stereocenters. The van der Waals surface area contributed by atoms with E-state index in [1.807, 2.05) is 0 Å². The minimum Gasteiger partial charge on any atom is -0.778 e. The van der Waals surface area contributed by atoms with E-state index in [1.165, 1.54) is 0 Å². The molecule has 0 spiro atoms. The van der Waals surface area contributed by atoms with E-state index in [0.717, 1.165) is 0 Å². The van der Waals surface area contributed by atoms with Gasteiger partial charge in [-0.1, -0.05) is 0 Å². The van der Waals surface area contributed by atoms with Crippen molar-refractivity contribution in [2.75, 3.05) is 6.66 Å². The second-order valence-corrected chi connectivity index (χ2v) is 4.45. The van der Waals surface area contributed by atoms with Crippen LogP contribution in [0.4, 0.5) is 0 Å². The van der Waals surface area contributed by atoms with Crippen LogP contribution in [0.3, 0.4) is 0 Å². The molecule has 0 fully saturated rings. The maximum Gasteiger partial charge on any atom is 0.270 e. The number of hydrogen-bond acceptors (Lipinski definition) is 5. The Bertz CT molecular complexity index is 151. The van der Waals surface area contributed by atoms with Crippen LogP contribution in [-0.4, -0.2) is 11.6 Å². The van der Waals surface area contributed by atoms with Gasteiger partial charge in [0, 0.05) is 6.66 Å². The van der Waals surface area contributed by atoms with Crippen LogP contribution in [0.25, 0.3) is 0 Å². The largest absolute Gasteiger partial charge is 0.778 e. The SMILES string of the molecule is CP(=O)([O-])OP(=O)([O-])O. The summed E-state index contributed by atoms with van der Waals surface area (Å²) in [7, 11) is -9.48. The van der Waals surface area contributed by atoms with Crippen molar-refractivity contribution in [1.82, 2.24) is 0 Å². The topological polar surface area (TPSA) is 110 Å². The third-order valence-electron chi connectivity index (χ3n) is 0.251. The van der Waals surface area contributed by atoms with Crippen LogP contribution in [-0.2, 0) is 13.4 Å². The summed E-state index contributed by atoms with van der Waals surface area (Å²) in [5.74, 6) is 0. The molecule has 8 heteroatoms. The summed E-state index contributed by atoms with van der Waals surface area (Å²) in [4.78, 5) is 27.3. The Balaban J connectivity index is 4.07. The first-order valence-corrected chi connectivity index (χ1v) is 5.23.